The third kappa shape index (κ3) is 50.1. The molecule has 9 rings (SSSR count). The lowest BCUT2D eigenvalue weighted by Crippen LogP contribution is -2.31. The molecule has 0 bridgehead atoms. The van der Waals surface area contributed by atoms with Gasteiger partial charge in [-0.05, 0) is 190 Å². The average Bonchev–Trinajstić information content (AvgIpc) is 2.35. The Hall–Kier alpha value is -3.92. The van der Waals surface area contributed by atoms with Gasteiger partial charge in [-0.3, -0.25) is 0 Å². The van der Waals surface area contributed by atoms with E-state index in [1.54, 1.807) is 0 Å². The summed E-state index contributed by atoms with van der Waals surface area (Å²) in [4.78, 5) is 0. The maximum absolute atomic E-state index is 9.71. The number of aliphatic hydroxyl groups excluding tert-OH is 10. The van der Waals surface area contributed by atoms with Crippen molar-refractivity contribution in [3.05, 3.63) is 132 Å². The van der Waals surface area contributed by atoms with Crippen LogP contribution in [-0.4, -0.2) is 121 Å². The van der Waals surface area contributed by atoms with Gasteiger partial charge < -0.3 is 60.5 Å². The Balaban J connectivity index is 0.00000102. The third-order valence-corrected chi connectivity index (χ3v) is 17.9. The largest absolute Gasteiger partial charge is 0.491 e. The van der Waals surface area contributed by atoms with E-state index in [4.69, 9.17) is 45.2 Å². The zero-order valence-electron chi connectivity index (χ0n) is 60.8. The molecule has 4 aromatic carbocycles. The Kier molecular flexibility index (Phi) is 52.8. The van der Waals surface area contributed by atoms with Gasteiger partial charge >= 0.3 is 0 Å². The van der Waals surface area contributed by atoms with Gasteiger partial charge in [-0.2, -0.15) is 0 Å². The fourth-order valence-electron chi connectivity index (χ4n) is 12.3. The molecule has 0 aromatic heterocycles. The normalized spacial score (nSPS) is 22.2. The van der Waals surface area contributed by atoms with Gasteiger partial charge in [0.15, 0.2) is 0 Å². The van der Waals surface area contributed by atoms with Crippen molar-refractivity contribution in [1.82, 2.24) is 0 Å². The Morgan fingerprint density at radius 3 is 1.04 bits per heavy atom. The Morgan fingerprint density at radius 1 is 0.409 bits per heavy atom. The van der Waals surface area contributed by atoms with Gasteiger partial charge in [-0.15, -0.1) is 0 Å². The van der Waals surface area contributed by atoms with E-state index in [-0.39, 0.29) is 56.9 Å². The molecule has 5 aliphatic rings. The van der Waals surface area contributed by atoms with Crippen LogP contribution in [0.25, 0.3) is 0 Å². The van der Waals surface area contributed by atoms with Crippen molar-refractivity contribution in [3.8, 4) is 11.5 Å². The molecule has 12 nitrogen and oxygen atoms in total. The second-order valence-electron chi connectivity index (χ2n) is 29.6. The van der Waals surface area contributed by atoms with Gasteiger partial charge in [-0.1, -0.05) is 232 Å². The molecule has 0 saturated heterocycles. The summed E-state index contributed by atoms with van der Waals surface area (Å²) in [6.45, 7) is 30.7. The van der Waals surface area contributed by atoms with Gasteiger partial charge in [0.25, 0.3) is 0 Å². The van der Waals surface area contributed by atoms with Crippen molar-refractivity contribution in [1.29, 1.82) is 0 Å². The highest BCUT2D eigenvalue weighted by Crippen LogP contribution is 2.38. The minimum atomic E-state index is -0.0289. The lowest BCUT2D eigenvalue weighted by Gasteiger charge is -2.35. The molecular formula is C81H140O12. The van der Waals surface area contributed by atoms with Crippen LogP contribution in [0.15, 0.2) is 121 Å². The number of hydrogen-bond acceptors (Lipinski definition) is 12. The van der Waals surface area contributed by atoms with E-state index in [9.17, 15) is 15.3 Å². The molecule has 7 atom stereocenters. The summed E-state index contributed by atoms with van der Waals surface area (Å²) in [5, 5.41) is 88.8. The van der Waals surface area contributed by atoms with Gasteiger partial charge in [0, 0.05) is 13.2 Å². The molecule has 4 unspecified atom stereocenters. The van der Waals surface area contributed by atoms with E-state index < -0.39 is 0 Å². The van der Waals surface area contributed by atoms with Gasteiger partial charge in [0.1, 0.15) is 24.7 Å². The Bertz CT molecular complexity index is 2110. The molecule has 0 spiro atoms. The number of ether oxygens (including phenoxy) is 2. The summed E-state index contributed by atoms with van der Waals surface area (Å²) in [5.74, 6) is 6.98. The summed E-state index contributed by atoms with van der Waals surface area (Å²) in [6.07, 6.45) is 24.9. The molecule has 4 aromatic rings. The minimum absolute atomic E-state index is 0.00593. The standard InChI is InChI=1S/3C10H20O.C9H20O.2C8H10O2.C8H10O.C7H8O.C6H12O.C5H10O/c1-10(2,3)8-4-6-9(11)7-5-8;2*1-7(2)9-5-4-8(3)6-10(9)11;1-8(5-6-10)7-9(2,3)4;2*9-6-7-10-8-4-2-1-3-5-8;9-7-6-8-4-2-1-3-5-8;8-6-7-4-2-1-3-5-7;7-6-4-2-1-3-5-6;6-5-3-1-2-4-5/h8-9,11H,4-7H2,1-3H3;2*7-11H,4-6H2,1-3H3;8,10H,5-7H2,1-4H3;2*1-5,9H,6-7H2;1-5,9H,6-7H2;1-5,8H,6H2;6-7H,1-5H2;5-6H,1-4H2/t;8-,9+,10-;;;;;;;;/m.1......../s1. The average molecular weight is 1310 g/mol. The number of hydrogen-bond donors (Lipinski definition) is 10. The molecule has 0 radical (unpaired) electrons. The molecule has 93 heavy (non-hydrogen) atoms. The zero-order chi connectivity index (χ0) is 69.9. The van der Waals surface area contributed by atoms with Crippen molar-refractivity contribution < 1.29 is 60.5 Å². The van der Waals surface area contributed by atoms with E-state index in [0.29, 0.717) is 60.2 Å². The fraction of sp³-hybridized carbons (Fsp3) is 0.704. The van der Waals surface area contributed by atoms with Crippen LogP contribution in [0.5, 0.6) is 11.5 Å². The zero-order valence-corrected chi connectivity index (χ0v) is 60.8. The van der Waals surface area contributed by atoms with E-state index in [0.717, 1.165) is 99.0 Å². The van der Waals surface area contributed by atoms with Crippen LogP contribution in [0.4, 0.5) is 0 Å². The molecule has 12 heteroatoms. The summed E-state index contributed by atoms with van der Waals surface area (Å²) in [7, 11) is 0. The monoisotopic (exact) mass is 1310 g/mol. The molecule has 536 valence electrons. The van der Waals surface area contributed by atoms with Crippen molar-refractivity contribution in [2.75, 3.05) is 39.6 Å². The van der Waals surface area contributed by atoms with Crippen LogP contribution in [0.2, 0.25) is 0 Å². The number of para-hydroxylation sites is 2. The summed E-state index contributed by atoms with van der Waals surface area (Å²) >= 11 is 0. The predicted octanol–water partition coefficient (Wildman–Crippen LogP) is 16.7. The van der Waals surface area contributed by atoms with E-state index >= 15 is 0 Å². The van der Waals surface area contributed by atoms with Gasteiger partial charge in [-0.25, -0.2) is 0 Å². The highest BCUT2D eigenvalue weighted by Gasteiger charge is 2.31. The molecule has 0 aliphatic heterocycles. The topological polar surface area (TPSA) is 221 Å². The van der Waals surface area contributed by atoms with Crippen molar-refractivity contribution >= 4 is 0 Å². The molecular weight excluding hydrogens is 1160 g/mol. The van der Waals surface area contributed by atoms with Crippen LogP contribution in [-0.2, 0) is 13.0 Å². The Morgan fingerprint density at radius 2 is 0.763 bits per heavy atom. The van der Waals surface area contributed by atoms with Crippen molar-refractivity contribution in [2.45, 2.75) is 268 Å². The SMILES string of the molecule is CC(C)(C)C1CCC(O)CC1.CC(C)[C@@H]1CC[C@@H](C)C[C@H]1O.CC(CCO)CC(C)(C)C.CC1CCC(C(C)C)C(O)C1.OC1CCCC1.OC1CCCCC1.OCCOc1ccccc1.OCCOc1ccccc1.OCCc1ccccc1.OCc1ccccc1. The van der Waals surface area contributed by atoms with E-state index in [1.165, 1.54) is 82.6 Å². The maximum Gasteiger partial charge on any atom is 0.119 e. The van der Waals surface area contributed by atoms with E-state index in [2.05, 4.69) is 90.0 Å². The molecule has 0 amide bonds. The lowest BCUT2D eigenvalue weighted by molar-refractivity contribution is 0.0263. The summed E-state index contributed by atoms with van der Waals surface area (Å²) in [6, 6.07) is 38.3. The lowest BCUT2D eigenvalue weighted by atomic mass is 9.72. The first kappa shape index (κ1) is 89.1. The van der Waals surface area contributed by atoms with Gasteiger partial charge in [0.05, 0.1) is 50.3 Å². The quantitative estimate of drug-likeness (QED) is 0.0570. The smallest absolute Gasteiger partial charge is 0.119 e. The second-order valence-corrected chi connectivity index (χ2v) is 29.6. The van der Waals surface area contributed by atoms with E-state index in [1.807, 2.05) is 121 Å². The minimum Gasteiger partial charge on any atom is -0.491 e. The van der Waals surface area contributed by atoms with Crippen molar-refractivity contribution in [2.24, 2.45) is 58.2 Å². The molecule has 5 saturated carbocycles. The first-order valence-corrected chi connectivity index (χ1v) is 36.1. The maximum atomic E-state index is 9.71. The highest BCUT2D eigenvalue weighted by molar-refractivity contribution is 5.21. The third-order valence-electron chi connectivity index (χ3n) is 17.9. The molecule has 5 aliphatic carbocycles. The first-order chi connectivity index (χ1) is 44.2. The first-order valence-electron chi connectivity index (χ1n) is 36.1. The predicted molar refractivity (Wildman–Crippen MR) is 388 cm³/mol. The number of rotatable bonds is 14. The molecule has 0 heterocycles. The summed E-state index contributed by atoms with van der Waals surface area (Å²) < 4.78 is 10.2. The molecule has 5 fully saturated rings. The fourth-order valence-corrected chi connectivity index (χ4v) is 12.3. The van der Waals surface area contributed by atoms with Crippen LogP contribution >= 0.6 is 0 Å². The second kappa shape index (κ2) is 55.1. The van der Waals surface area contributed by atoms with Crippen LogP contribution in [0, 0.1) is 58.2 Å². The number of benzene rings is 4. The highest BCUT2D eigenvalue weighted by atomic mass is 16.5. The van der Waals surface area contributed by atoms with Crippen molar-refractivity contribution in [3.63, 3.8) is 0 Å². The Labute approximate surface area is 568 Å². The van der Waals surface area contributed by atoms with Crippen LogP contribution < -0.4 is 9.47 Å². The van der Waals surface area contributed by atoms with Gasteiger partial charge in [0.2, 0.25) is 0 Å². The summed E-state index contributed by atoms with van der Waals surface area (Å²) in [5.41, 5.74) is 3.02. The molecule has 10 N–H and O–H groups in total. The van der Waals surface area contributed by atoms with Crippen LogP contribution in [0.1, 0.15) is 236 Å². The van der Waals surface area contributed by atoms with Crippen LogP contribution in [0.3, 0.4) is 0 Å². The number of aliphatic hydroxyl groups is 10.